The number of ether oxygens (including phenoxy) is 1. The van der Waals surface area contributed by atoms with E-state index in [-0.39, 0.29) is 12.2 Å². The van der Waals surface area contributed by atoms with Crippen LogP contribution in [0.3, 0.4) is 0 Å². The first-order chi connectivity index (χ1) is 8.21. The molecule has 0 amide bonds. The minimum Gasteiger partial charge on any atom is -0.462 e. The van der Waals surface area contributed by atoms with E-state index in [4.69, 9.17) is 15.4 Å². The second-order valence-corrected chi connectivity index (χ2v) is 3.08. The van der Waals surface area contributed by atoms with Crippen LogP contribution in [0.15, 0.2) is 29.8 Å². The summed E-state index contributed by atoms with van der Waals surface area (Å²) in [5, 5.41) is 17.3. The van der Waals surface area contributed by atoms with Gasteiger partial charge in [-0.3, -0.25) is 0 Å². The molecular weight excluding hydrogens is 218 g/mol. The van der Waals surface area contributed by atoms with Crippen LogP contribution in [0.2, 0.25) is 0 Å². The Morgan fingerprint density at radius 2 is 2.12 bits per heavy atom. The summed E-state index contributed by atoms with van der Waals surface area (Å²) in [5.74, 6) is -0.647. The molecule has 0 bridgehead atoms. The highest BCUT2D eigenvalue weighted by molar-refractivity contribution is 5.97. The number of carbonyl (C=O) groups is 1. The van der Waals surface area contributed by atoms with E-state index < -0.39 is 5.97 Å². The van der Waals surface area contributed by atoms with E-state index in [2.05, 4.69) is 4.98 Å². The van der Waals surface area contributed by atoms with Crippen molar-refractivity contribution in [1.29, 1.82) is 10.7 Å². The van der Waals surface area contributed by atoms with Crippen LogP contribution in [-0.4, -0.2) is 12.6 Å². The van der Waals surface area contributed by atoms with Crippen LogP contribution < -0.4 is 0 Å². The summed E-state index contributed by atoms with van der Waals surface area (Å²) in [5.41, 5.74) is 0.985. The Balaban J connectivity index is 2.96. The summed E-state index contributed by atoms with van der Waals surface area (Å²) in [6.45, 7) is 1.89. The van der Waals surface area contributed by atoms with Gasteiger partial charge in [0.1, 0.15) is 11.6 Å². The molecule has 1 aromatic rings. The first-order valence-corrected chi connectivity index (χ1v) is 4.95. The van der Waals surface area contributed by atoms with Gasteiger partial charge in [0, 0.05) is 12.1 Å². The second-order valence-electron chi connectivity index (χ2n) is 3.08. The zero-order valence-electron chi connectivity index (χ0n) is 9.25. The molecule has 0 aliphatic rings. The summed E-state index contributed by atoms with van der Waals surface area (Å²) in [6.07, 6.45) is 1.42. The molecule has 17 heavy (non-hydrogen) atoms. The van der Waals surface area contributed by atoms with Crippen molar-refractivity contribution in [3.8, 4) is 6.07 Å². The number of diazo groups is 1. The number of esters is 1. The van der Waals surface area contributed by atoms with Crippen LogP contribution in [0.4, 0.5) is 5.69 Å². The van der Waals surface area contributed by atoms with E-state index in [0.717, 1.165) is 0 Å². The van der Waals surface area contributed by atoms with Crippen molar-refractivity contribution >= 4 is 17.7 Å². The maximum absolute atomic E-state index is 11.3. The number of nitriles is 1. The first kappa shape index (κ1) is 12.4. The molecule has 0 aromatic heterocycles. The average Bonchev–Trinajstić information content (AvgIpc) is 2.37. The lowest BCUT2D eigenvalue weighted by Crippen LogP contribution is -2.05. The summed E-state index contributed by atoms with van der Waals surface area (Å²) in [4.78, 5) is 14.3. The van der Waals surface area contributed by atoms with E-state index in [0.29, 0.717) is 11.3 Å². The molecule has 0 atom stereocenters. The molecule has 0 heterocycles. The number of carbonyl (C=O) groups excluding carboxylic acids is 1. The molecule has 0 saturated carbocycles. The molecule has 84 valence electrons. The molecule has 5 heteroatoms. The van der Waals surface area contributed by atoms with Gasteiger partial charge in [0.05, 0.1) is 6.61 Å². The first-order valence-electron chi connectivity index (χ1n) is 4.95. The molecule has 1 rings (SSSR count). The lowest BCUT2D eigenvalue weighted by molar-refractivity contribution is -0.137. The minimum absolute atomic E-state index is 0.0689. The summed E-state index contributed by atoms with van der Waals surface area (Å²) in [7, 11) is 0. The predicted molar refractivity (Wildman–Crippen MR) is 61.4 cm³/mol. The van der Waals surface area contributed by atoms with Gasteiger partial charge in [-0.05, 0) is 30.7 Å². The predicted octanol–water partition coefficient (Wildman–Crippen LogP) is 2.64. The number of hydrogen-bond donors (Lipinski definition) is 0. The molecule has 1 aromatic carbocycles. The molecule has 0 N–H and O–H groups in total. The van der Waals surface area contributed by atoms with Crippen molar-refractivity contribution in [2.24, 2.45) is 0 Å². The molecule has 0 aliphatic carbocycles. The fraction of sp³-hybridized carbons (Fsp3) is 0.167. The standard InChI is InChI=1S/C12H10N3O2/c1-2-17-12(16)10(8-13)7-9-3-5-11(15-14)6-4-9/h3-7H,2H2,1H3/q+1/b10-7-. The van der Waals surface area contributed by atoms with E-state index in [1.807, 2.05) is 0 Å². The Kier molecular flexibility index (Phi) is 4.41. The van der Waals surface area contributed by atoms with Gasteiger partial charge < -0.3 is 4.74 Å². The van der Waals surface area contributed by atoms with Crippen LogP contribution in [0.5, 0.6) is 0 Å². The van der Waals surface area contributed by atoms with Crippen LogP contribution >= 0.6 is 0 Å². The number of rotatable bonds is 3. The van der Waals surface area contributed by atoms with Gasteiger partial charge in [-0.1, -0.05) is 0 Å². The zero-order chi connectivity index (χ0) is 12.7. The third-order valence-corrected chi connectivity index (χ3v) is 1.94. The lowest BCUT2D eigenvalue weighted by atomic mass is 10.1. The van der Waals surface area contributed by atoms with Gasteiger partial charge >= 0.3 is 11.7 Å². The normalized spacial score (nSPS) is 10.2. The van der Waals surface area contributed by atoms with Crippen molar-refractivity contribution in [1.82, 2.24) is 0 Å². The fourth-order valence-corrected chi connectivity index (χ4v) is 1.15. The largest absolute Gasteiger partial charge is 0.462 e. The number of nitrogens with zero attached hydrogens (tertiary/aromatic N) is 3. The van der Waals surface area contributed by atoms with Crippen molar-refractivity contribution in [3.05, 3.63) is 40.4 Å². The lowest BCUT2D eigenvalue weighted by Gasteiger charge is -1.98. The molecule has 0 unspecified atom stereocenters. The van der Waals surface area contributed by atoms with Crippen molar-refractivity contribution in [2.75, 3.05) is 6.61 Å². The van der Waals surface area contributed by atoms with E-state index >= 15 is 0 Å². The Morgan fingerprint density at radius 1 is 1.47 bits per heavy atom. The zero-order valence-corrected chi connectivity index (χ0v) is 9.25. The van der Waals surface area contributed by atoms with Gasteiger partial charge in [0.2, 0.25) is 5.39 Å². The van der Waals surface area contributed by atoms with Crippen LogP contribution in [0, 0.1) is 16.7 Å². The van der Waals surface area contributed by atoms with E-state index in [1.165, 1.54) is 6.08 Å². The summed E-state index contributed by atoms with van der Waals surface area (Å²) < 4.78 is 4.72. The molecule has 0 aliphatic heterocycles. The topological polar surface area (TPSA) is 78.2 Å². The Labute approximate surface area is 98.6 Å². The van der Waals surface area contributed by atoms with Crippen molar-refractivity contribution in [2.45, 2.75) is 6.92 Å². The van der Waals surface area contributed by atoms with Gasteiger partial charge in [0.15, 0.2) is 4.98 Å². The summed E-state index contributed by atoms with van der Waals surface area (Å²) >= 11 is 0. The molecule has 0 saturated heterocycles. The van der Waals surface area contributed by atoms with Crippen LogP contribution in [0.1, 0.15) is 12.5 Å². The van der Waals surface area contributed by atoms with Crippen LogP contribution in [0.25, 0.3) is 11.1 Å². The monoisotopic (exact) mass is 228 g/mol. The van der Waals surface area contributed by atoms with E-state index in [1.54, 1.807) is 37.3 Å². The fourth-order valence-electron chi connectivity index (χ4n) is 1.15. The molecule has 0 fully saturated rings. The van der Waals surface area contributed by atoms with Gasteiger partial charge in [-0.2, -0.15) is 5.26 Å². The molecule has 5 nitrogen and oxygen atoms in total. The third kappa shape index (κ3) is 3.44. The SMILES string of the molecule is CCOC(=O)/C(C#N)=C\c1ccc([N+]#N)cc1. The average molecular weight is 228 g/mol. The highest BCUT2D eigenvalue weighted by atomic mass is 16.5. The Hall–Kier alpha value is -2.66. The molecular formula is C12H10N3O2+. The molecule has 0 spiro atoms. The molecule has 0 radical (unpaired) electrons. The van der Waals surface area contributed by atoms with E-state index in [9.17, 15) is 4.79 Å². The van der Waals surface area contributed by atoms with Gasteiger partial charge in [-0.25, -0.2) is 4.79 Å². The van der Waals surface area contributed by atoms with Crippen LogP contribution in [-0.2, 0) is 9.53 Å². The summed E-state index contributed by atoms with van der Waals surface area (Å²) in [6, 6.07) is 8.16. The highest BCUT2D eigenvalue weighted by Crippen LogP contribution is 2.15. The highest BCUT2D eigenvalue weighted by Gasteiger charge is 2.10. The maximum atomic E-state index is 11.3. The second kappa shape index (κ2) is 6.04. The quantitative estimate of drug-likeness (QED) is 0.345. The smallest absolute Gasteiger partial charge is 0.385 e. The van der Waals surface area contributed by atoms with Crippen molar-refractivity contribution < 1.29 is 9.53 Å². The van der Waals surface area contributed by atoms with Gasteiger partial charge in [-0.15, -0.1) is 0 Å². The van der Waals surface area contributed by atoms with Gasteiger partial charge in [0.25, 0.3) is 0 Å². The third-order valence-electron chi connectivity index (χ3n) is 1.94. The minimum atomic E-state index is -0.647. The number of benzene rings is 1. The number of hydrogen-bond acceptors (Lipinski definition) is 4. The Bertz CT molecular complexity index is 518. The maximum Gasteiger partial charge on any atom is 0.385 e. The van der Waals surface area contributed by atoms with Crippen molar-refractivity contribution in [3.63, 3.8) is 0 Å². The Morgan fingerprint density at radius 3 is 2.59 bits per heavy atom.